The highest BCUT2D eigenvalue weighted by Gasteiger charge is 2.48. The largest absolute Gasteiger partial charge is 0.444 e. The number of amides is 3. The molecule has 1 aromatic rings. The van der Waals surface area contributed by atoms with Crippen molar-refractivity contribution in [3.05, 3.63) is 17.5 Å². The number of carbonyl (C=O) groups is 2. The third-order valence-electron chi connectivity index (χ3n) is 4.22. The van der Waals surface area contributed by atoms with Crippen molar-refractivity contribution in [2.75, 3.05) is 6.54 Å². The monoisotopic (exact) mass is 418 g/mol. The Bertz CT molecular complexity index is 862. The van der Waals surface area contributed by atoms with E-state index in [1.54, 1.807) is 26.8 Å². The molecule has 0 spiro atoms. The Morgan fingerprint density at radius 2 is 2.14 bits per heavy atom. The molecule has 0 saturated carbocycles. The highest BCUT2D eigenvalue weighted by atomic mass is 32.3. The van der Waals surface area contributed by atoms with Gasteiger partial charge in [-0.15, -0.1) is 4.28 Å². The minimum Gasteiger partial charge on any atom is -0.444 e. The maximum atomic E-state index is 12.4. The highest BCUT2D eigenvalue weighted by molar-refractivity contribution is 7.80. The van der Waals surface area contributed by atoms with E-state index in [-0.39, 0.29) is 13.1 Å². The van der Waals surface area contributed by atoms with Gasteiger partial charge in [0.2, 0.25) is 0 Å². The zero-order valence-corrected chi connectivity index (χ0v) is 16.4. The number of piperidine rings is 1. The van der Waals surface area contributed by atoms with Crippen LogP contribution in [0.2, 0.25) is 0 Å². The molecule has 2 aliphatic heterocycles. The number of rotatable bonds is 5. The molecule has 2 N–H and O–H groups in total. The van der Waals surface area contributed by atoms with E-state index in [1.807, 2.05) is 0 Å². The molecular weight excluding hydrogens is 396 g/mol. The van der Waals surface area contributed by atoms with Crippen molar-refractivity contribution in [3.63, 3.8) is 0 Å². The van der Waals surface area contributed by atoms with Crippen molar-refractivity contribution in [1.29, 1.82) is 0 Å². The SMILES string of the molecule is CC(C)(C)OC(=O)NCc1cc([C@H]2CC[C@@H]3CN2C(=O)N3OS(=O)(=O)O)no1. The molecule has 2 fully saturated rings. The molecule has 156 valence electrons. The lowest BCUT2D eigenvalue weighted by Gasteiger charge is -2.28. The Labute approximate surface area is 161 Å². The Balaban J connectivity index is 1.63. The summed E-state index contributed by atoms with van der Waals surface area (Å²) in [4.78, 5) is 25.5. The van der Waals surface area contributed by atoms with Crippen LogP contribution >= 0.6 is 0 Å². The fourth-order valence-electron chi connectivity index (χ4n) is 3.18. The number of fused-ring (bicyclic) bond motifs is 2. The Hall–Kier alpha value is -2.38. The van der Waals surface area contributed by atoms with Gasteiger partial charge in [-0.05, 0) is 33.6 Å². The minimum absolute atomic E-state index is 0.0587. The lowest BCUT2D eigenvalue weighted by atomic mass is 9.98. The Morgan fingerprint density at radius 1 is 1.43 bits per heavy atom. The first-order valence-electron chi connectivity index (χ1n) is 8.62. The topological polar surface area (TPSA) is 152 Å². The van der Waals surface area contributed by atoms with Gasteiger partial charge in [0.15, 0.2) is 5.76 Å². The normalized spacial score (nSPS) is 22.5. The standard InChI is InChI=1S/C15H22N4O8S/c1-15(2,3)25-13(20)16-7-10-6-11(17-26-10)12-5-4-9-8-18(12)14(21)19(9)27-28(22,23)24/h6,9,12H,4-5,7-8H2,1-3H3,(H,16,20)(H,22,23,24)/t9-,12-/m1/s1. The van der Waals surface area contributed by atoms with Crippen LogP contribution in [0.25, 0.3) is 0 Å². The molecule has 2 saturated heterocycles. The number of carbonyl (C=O) groups excluding carboxylic acids is 2. The summed E-state index contributed by atoms with van der Waals surface area (Å²) >= 11 is 0. The molecule has 3 amide bonds. The summed E-state index contributed by atoms with van der Waals surface area (Å²) in [5.74, 6) is 0.376. The van der Waals surface area contributed by atoms with E-state index in [0.29, 0.717) is 29.4 Å². The highest BCUT2D eigenvalue weighted by Crippen LogP contribution is 2.38. The molecule has 13 heteroatoms. The van der Waals surface area contributed by atoms with Crippen LogP contribution in [0.1, 0.15) is 51.1 Å². The lowest BCUT2D eigenvalue weighted by Crippen LogP contribution is -2.35. The van der Waals surface area contributed by atoms with E-state index in [2.05, 4.69) is 14.8 Å². The van der Waals surface area contributed by atoms with Crippen molar-refractivity contribution in [1.82, 2.24) is 20.4 Å². The third-order valence-corrected chi connectivity index (χ3v) is 4.57. The van der Waals surface area contributed by atoms with Gasteiger partial charge in [-0.1, -0.05) is 5.16 Å². The van der Waals surface area contributed by atoms with Crippen LogP contribution in [0, 0.1) is 0 Å². The van der Waals surface area contributed by atoms with Crippen molar-refractivity contribution in [2.24, 2.45) is 0 Å². The zero-order chi connectivity index (χ0) is 20.7. The average Bonchev–Trinajstić information content (AvgIpc) is 3.11. The smallest absolute Gasteiger partial charge is 0.418 e. The van der Waals surface area contributed by atoms with Gasteiger partial charge < -0.3 is 19.5 Å². The quantitative estimate of drug-likeness (QED) is 0.675. The zero-order valence-electron chi connectivity index (χ0n) is 15.6. The van der Waals surface area contributed by atoms with Gasteiger partial charge >= 0.3 is 22.5 Å². The molecule has 0 radical (unpaired) electrons. The summed E-state index contributed by atoms with van der Waals surface area (Å²) < 4.78 is 45.4. The maximum absolute atomic E-state index is 12.4. The van der Waals surface area contributed by atoms with E-state index < -0.39 is 40.2 Å². The van der Waals surface area contributed by atoms with Crippen molar-refractivity contribution in [2.45, 2.75) is 57.8 Å². The van der Waals surface area contributed by atoms with E-state index in [1.165, 1.54) is 4.90 Å². The molecule has 0 aromatic carbocycles. The number of nitrogens with one attached hydrogen (secondary N) is 1. The van der Waals surface area contributed by atoms with Gasteiger partial charge in [0.1, 0.15) is 11.3 Å². The Morgan fingerprint density at radius 3 is 2.79 bits per heavy atom. The number of ether oxygens (including phenoxy) is 1. The first-order chi connectivity index (χ1) is 12.9. The van der Waals surface area contributed by atoms with Crippen LogP contribution in [-0.2, 0) is 26.0 Å². The van der Waals surface area contributed by atoms with Crippen molar-refractivity contribution in [3.8, 4) is 0 Å². The first-order valence-corrected chi connectivity index (χ1v) is 9.98. The second-order valence-corrected chi connectivity index (χ2v) is 8.59. The van der Waals surface area contributed by atoms with E-state index in [0.717, 1.165) is 0 Å². The summed E-state index contributed by atoms with van der Waals surface area (Å²) in [6.45, 7) is 5.53. The second kappa shape index (κ2) is 7.22. The van der Waals surface area contributed by atoms with E-state index in [4.69, 9.17) is 13.8 Å². The molecule has 0 unspecified atom stereocenters. The molecule has 12 nitrogen and oxygen atoms in total. The summed E-state index contributed by atoms with van der Waals surface area (Å²) in [7, 11) is -4.79. The Kier molecular flexibility index (Phi) is 5.25. The lowest BCUT2D eigenvalue weighted by molar-refractivity contribution is -0.0317. The number of aromatic nitrogens is 1. The van der Waals surface area contributed by atoms with E-state index in [9.17, 15) is 18.0 Å². The second-order valence-electron chi connectivity index (χ2n) is 7.58. The summed E-state index contributed by atoms with van der Waals surface area (Å²) in [6.07, 6.45) is 0.368. The molecule has 0 aliphatic carbocycles. The number of urea groups is 1. The molecule has 2 bridgehead atoms. The minimum atomic E-state index is -4.79. The molecule has 1 aromatic heterocycles. The number of hydroxylamine groups is 2. The predicted octanol–water partition coefficient (Wildman–Crippen LogP) is 1.37. The number of alkyl carbamates (subject to hydrolysis) is 1. The number of hydrogen-bond acceptors (Lipinski definition) is 8. The van der Waals surface area contributed by atoms with Crippen molar-refractivity contribution < 1.29 is 36.1 Å². The van der Waals surface area contributed by atoms with E-state index >= 15 is 0 Å². The van der Waals surface area contributed by atoms with Crippen LogP contribution in [0.3, 0.4) is 0 Å². The van der Waals surface area contributed by atoms with Crippen molar-refractivity contribution >= 4 is 22.5 Å². The van der Waals surface area contributed by atoms with Gasteiger partial charge in [0, 0.05) is 12.6 Å². The molecular formula is C15H22N4O8S. The summed E-state index contributed by atoms with van der Waals surface area (Å²) in [5.41, 5.74) is -0.150. The molecule has 2 aliphatic rings. The first kappa shape index (κ1) is 20.4. The fourth-order valence-corrected chi connectivity index (χ4v) is 3.57. The van der Waals surface area contributed by atoms with Crippen LogP contribution in [-0.4, -0.2) is 58.4 Å². The summed E-state index contributed by atoms with van der Waals surface area (Å²) in [6, 6.07) is 0.0206. The van der Waals surface area contributed by atoms with Crippen LogP contribution in [0.15, 0.2) is 10.6 Å². The number of hydrogen-bond donors (Lipinski definition) is 2. The van der Waals surface area contributed by atoms with Gasteiger partial charge in [0.05, 0.1) is 18.6 Å². The van der Waals surface area contributed by atoms with Gasteiger partial charge in [0.25, 0.3) is 0 Å². The molecule has 3 heterocycles. The van der Waals surface area contributed by atoms with Crippen LogP contribution in [0.5, 0.6) is 0 Å². The summed E-state index contributed by atoms with van der Waals surface area (Å²) in [5, 5.41) is 7.17. The van der Waals surface area contributed by atoms with Gasteiger partial charge in [-0.2, -0.15) is 13.5 Å². The maximum Gasteiger partial charge on any atom is 0.418 e. The molecule has 3 rings (SSSR count). The average molecular weight is 418 g/mol. The van der Waals surface area contributed by atoms with Crippen LogP contribution < -0.4 is 5.32 Å². The van der Waals surface area contributed by atoms with Gasteiger partial charge in [-0.25, -0.2) is 9.59 Å². The fraction of sp³-hybridized carbons (Fsp3) is 0.667. The van der Waals surface area contributed by atoms with Gasteiger partial charge in [-0.3, -0.25) is 4.55 Å². The number of nitrogens with zero attached hydrogens (tertiary/aromatic N) is 3. The molecule has 2 atom stereocenters. The van der Waals surface area contributed by atoms with Crippen LogP contribution in [0.4, 0.5) is 9.59 Å². The molecule has 28 heavy (non-hydrogen) atoms. The third kappa shape index (κ3) is 4.72. The predicted molar refractivity (Wildman–Crippen MR) is 91.9 cm³/mol.